The molecule has 0 bridgehead atoms. The topological polar surface area (TPSA) is 73.4 Å². The van der Waals surface area contributed by atoms with Gasteiger partial charge in [0.1, 0.15) is 18.1 Å². The van der Waals surface area contributed by atoms with E-state index in [2.05, 4.69) is 17.2 Å². The van der Waals surface area contributed by atoms with Crippen LogP contribution in [0.2, 0.25) is 0 Å². The van der Waals surface area contributed by atoms with Gasteiger partial charge < -0.3 is 14.2 Å². The van der Waals surface area contributed by atoms with Crippen LogP contribution in [0.4, 0.5) is 0 Å². The van der Waals surface area contributed by atoms with Crippen LogP contribution in [0, 0.1) is 13.8 Å². The lowest BCUT2D eigenvalue weighted by Gasteiger charge is -2.16. The molecule has 0 spiro atoms. The zero-order chi connectivity index (χ0) is 20.3. The van der Waals surface area contributed by atoms with Crippen LogP contribution in [0.25, 0.3) is 0 Å². The van der Waals surface area contributed by atoms with E-state index in [-0.39, 0.29) is 18.2 Å². The molecule has 148 valence electrons. The molecule has 0 fully saturated rings. The molecule has 0 aliphatic rings. The van der Waals surface area contributed by atoms with Gasteiger partial charge in [0.15, 0.2) is 5.69 Å². The van der Waals surface area contributed by atoms with Crippen LogP contribution in [0.3, 0.4) is 0 Å². The molecule has 0 aliphatic heterocycles. The van der Waals surface area contributed by atoms with E-state index in [1.807, 2.05) is 44.4 Å². The summed E-state index contributed by atoms with van der Waals surface area (Å²) in [5.74, 6) is 1.12. The fourth-order valence-corrected chi connectivity index (χ4v) is 3.02. The number of carbonyl (C=O) groups excluding carboxylic acids is 1. The first-order chi connectivity index (χ1) is 13.4. The van der Waals surface area contributed by atoms with Crippen molar-refractivity contribution in [2.75, 3.05) is 7.05 Å². The van der Waals surface area contributed by atoms with E-state index in [1.165, 1.54) is 5.56 Å². The monoisotopic (exact) mass is 382 g/mol. The lowest BCUT2D eigenvalue weighted by atomic mass is 10.1. The number of rotatable bonds is 7. The highest BCUT2D eigenvalue weighted by molar-refractivity contribution is 5.93. The summed E-state index contributed by atoms with van der Waals surface area (Å²) in [5.41, 5.74) is 4.09. The first-order valence-corrected chi connectivity index (χ1v) is 9.30. The van der Waals surface area contributed by atoms with Gasteiger partial charge in [-0.2, -0.15) is 5.10 Å². The highest BCUT2D eigenvalue weighted by Crippen LogP contribution is 2.20. The standard InChI is InChI=1S/C21H26N4O3/c1-6-16-7-9-18(10-8-16)27-13-19-15(3)28-23-20(19)21(26)24(4)11-17-12-25(5)22-14(17)2/h7-10,12H,6,11,13H2,1-5H3. The number of hydrogen-bond acceptors (Lipinski definition) is 5. The zero-order valence-electron chi connectivity index (χ0n) is 17.0. The van der Waals surface area contributed by atoms with E-state index in [1.54, 1.807) is 23.6 Å². The Bertz CT molecular complexity index is 957. The third kappa shape index (κ3) is 4.24. The lowest BCUT2D eigenvalue weighted by Crippen LogP contribution is -2.27. The van der Waals surface area contributed by atoms with Crippen molar-refractivity contribution in [1.82, 2.24) is 19.8 Å². The van der Waals surface area contributed by atoms with Crippen molar-refractivity contribution in [3.63, 3.8) is 0 Å². The normalized spacial score (nSPS) is 10.9. The largest absolute Gasteiger partial charge is 0.489 e. The van der Waals surface area contributed by atoms with Gasteiger partial charge in [-0.15, -0.1) is 0 Å². The second kappa shape index (κ2) is 8.29. The minimum absolute atomic E-state index is 0.208. The number of hydrogen-bond donors (Lipinski definition) is 0. The molecular formula is C21H26N4O3. The summed E-state index contributed by atoms with van der Waals surface area (Å²) in [6.07, 6.45) is 2.89. The van der Waals surface area contributed by atoms with Crippen molar-refractivity contribution in [3.05, 3.63) is 64.3 Å². The number of amides is 1. The zero-order valence-corrected chi connectivity index (χ0v) is 17.0. The Hall–Kier alpha value is -3.09. The molecule has 0 unspecified atom stereocenters. The maximum absolute atomic E-state index is 12.9. The van der Waals surface area contributed by atoms with Gasteiger partial charge in [0.25, 0.3) is 5.91 Å². The molecule has 0 saturated carbocycles. The molecular weight excluding hydrogens is 356 g/mol. The van der Waals surface area contributed by atoms with Crippen molar-refractivity contribution in [2.24, 2.45) is 7.05 Å². The summed E-state index contributed by atoms with van der Waals surface area (Å²) >= 11 is 0. The number of aromatic nitrogens is 3. The molecule has 2 aromatic heterocycles. The molecule has 3 rings (SSSR count). The van der Waals surface area contributed by atoms with Crippen LogP contribution in [-0.2, 0) is 26.6 Å². The quantitative estimate of drug-likeness (QED) is 0.626. The Morgan fingerprint density at radius 2 is 1.96 bits per heavy atom. The van der Waals surface area contributed by atoms with Crippen LogP contribution in [0.15, 0.2) is 35.0 Å². The van der Waals surface area contributed by atoms with Gasteiger partial charge in [-0.05, 0) is 38.0 Å². The highest BCUT2D eigenvalue weighted by Gasteiger charge is 2.24. The molecule has 7 heteroatoms. The summed E-state index contributed by atoms with van der Waals surface area (Å²) < 4.78 is 12.9. The molecule has 0 N–H and O–H groups in total. The van der Waals surface area contributed by atoms with Crippen LogP contribution in [0.1, 0.15) is 45.6 Å². The van der Waals surface area contributed by atoms with Gasteiger partial charge in [-0.1, -0.05) is 24.2 Å². The molecule has 0 radical (unpaired) electrons. The maximum Gasteiger partial charge on any atom is 0.276 e. The van der Waals surface area contributed by atoms with Gasteiger partial charge in [0, 0.05) is 32.4 Å². The minimum Gasteiger partial charge on any atom is -0.489 e. The fourth-order valence-electron chi connectivity index (χ4n) is 3.02. The van der Waals surface area contributed by atoms with E-state index in [9.17, 15) is 4.79 Å². The summed E-state index contributed by atoms with van der Waals surface area (Å²) in [7, 11) is 3.61. The van der Waals surface area contributed by atoms with Gasteiger partial charge in [0.05, 0.1) is 11.3 Å². The SMILES string of the molecule is CCc1ccc(OCc2c(C(=O)N(C)Cc3cn(C)nc3C)noc2C)cc1. The number of aryl methyl sites for hydroxylation is 4. The van der Waals surface area contributed by atoms with E-state index in [0.29, 0.717) is 17.9 Å². The Morgan fingerprint density at radius 3 is 2.57 bits per heavy atom. The van der Waals surface area contributed by atoms with Crippen LogP contribution in [-0.4, -0.2) is 32.8 Å². The maximum atomic E-state index is 12.9. The summed E-state index contributed by atoms with van der Waals surface area (Å²) in [4.78, 5) is 14.5. The summed E-state index contributed by atoms with van der Waals surface area (Å²) in [5, 5.41) is 8.30. The Kier molecular flexibility index (Phi) is 5.82. The molecule has 28 heavy (non-hydrogen) atoms. The molecule has 0 saturated heterocycles. The molecule has 2 heterocycles. The number of nitrogens with zero attached hydrogens (tertiary/aromatic N) is 4. The number of carbonyl (C=O) groups is 1. The molecule has 7 nitrogen and oxygen atoms in total. The first kappa shape index (κ1) is 19.7. The molecule has 0 aliphatic carbocycles. The van der Waals surface area contributed by atoms with Crippen LogP contribution in [0.5, 0.6) is 5.75 Å². The predicted molar refractivity (Wildman–Crippen MR) is 105 cm³/mol. The average Bonchev–Trinajstić information content (AvgIpc) is 3.20. The molecule has 1 aromatic carbocycles. The van der Waals surface area contributed by atoms with Crippen molar-refractivity contribution in [3.8, 4) is 5.75 Å². The van der Waals surface area contributed by atoms with Crippen molar-refractivity contribution < 1.29 is 14.1 Å². The van der Waals surface area contributed by atoms with Crippen molar-refractivity contribution in [2.45, 2.75) is 40.3 Å². The Labute approximate surface area is 164 Å². The van der Waals surface area contributed by atoms with Gasteiger partial charge in [-0.25, -0.2) is 0 Å². The Balaban J connectivity index is 1.71. The molecule has 1 amide bonds. The predicted octanol–water partition coefficient (Wildman–Crippen LogP) is 3.44. The molecule has 3 aromatic rings. The summed E-state index contributed by atoms with van der Waals surface area (Å²) in [6, 6.07) is 7.93. The van der Waals surface area contributed by atoms with E-state index in [0.717, 1.165) is 23.4 Å². The van der Waals surface area contributed by atoms with Gasteiger partial charge in [-0.3, -0.25) is 9.48 Å². The second-order valence-corrected chi connectivity index (χ2v) is 6.93. The van der Waals surface area contributed by atoms with Gasteiger partial charge >= 0.3 is 0 Å². The Morgan fingerprint density at radius 1 is 1.25 bits per heavy atom. The average molecular weight is 382 g/mol. The molecule has 0 atom stereocenters. The van der Waals surface area contributed by atoms with Gasteiger partial charge in [0.2, 0.25) is 0 Å². The third-order valence-electron chi connectivity index (χ3n) is 4.77. The lowest BCUT2D eigenvalue weighted by molar-refractivity contribution is 0.0772. The highest BCUT2D eigenvalue weighted by atomic mass is 16.5. The number of benzene rings is 1. The second-order valence-electron chi connectivity index (χ2n) is 6.93. The van der Waals surface area contributed by atoms with Crippen molar-refractivity contribution >= 4 is 5.91 Å². The van der Waals surface area contributed by atoms with Crippen molar-refractivity contribution in [1.29, 1.82) is 0 Å². The summed E-state index contributed by atoms with van der Waals surface area (Å²) in [6.45, 7) is 6.49. The third-order valence-corrected chi connectivity index (χ3v) is 4.77. The smallest absolute Gasteiger partial charge is 0.276 e. The van der Waals surface area contributed by atoms with E-state index >= 15 is 0 Å². The fraction of sp³-hybridized carbons (Fsp3) is 0.381. The van der Waals surface area contributed by atoms with E-state index < -0.39 is 0 Å². The van der Waals surface area contributed by atoms with Crippen LogP contribution < -0.4 is 4.74 Å². The first-order valence-electron chi connectivity index (χ1n) is 9.30. The van der Waals surface area contributed by atoms with E-state index in [4.69, 9.17) is 9.26 Å². The number of ether oxygens (including phenoxy) is 1. The minimum atomic E-state index is -0.208. The van der Waals surface area contributed by atoms with Crippen LogP contribution >= 0.6 is 0 Å².